The van der Waals surface area contributed by atoms with Gasteiger partial charge in [0.1, 0.15) is 56.0 Å². The van der Waals surface area contributed by atoms with Crippen LogP contribution in [-0.2, 0) is 112 Å². The monoisotopic (exact) mass is 1600 g/mol. The molecule has 6 heterocycles. The van der Waals surface area contributed by atoms with Crippen molar-refractivity contribution in [1.82, 2.24) is 49.9 Å². The van der Waals surface area contributed by atoms with E-state index in [0.29, 0.717) is 82.9 Å². The van der Waals surface area contributed by atoms with Crippen molar-refractivity contribution in [2.75, 3.05) is 143 Å². The highest BCUT2D eigenvalue weighted by Crippen LogP contribution is 2.60. The van der Waals surface area contributed by atoms with Crippen molar-refractivity contribution in [2.45, 2.75) is 95.6 Å². The highest BCUT2D eigenvalue weighted by atomic mass is 32.7. The van der Waals surface area contributed by atoms with Crippen molar-refractivity contribution in [3.63, 3.8) is 0 Å². The number of rotatable bonds is 41. The van der Waals surface area contributed by atoms with Gasteiger partial charge in [0.15, 0.2) is 17.4 Å². The van der Waals surface area contributed by atoms with Crippen LogP contribution in [0.15, 0.2) is 90.4 Å². The summed E-state index contributed by atoms with van der Waals surface area (Å²) >= 11 is 8.48. The molecular formula is C67H90N12O26P2S2. The van der Waals surface area contributed by atoms with E-state index < -0.39 is 140 Å². The van der Waals surface area contributed by atoms with Crippen LogP contribution < -0.4 is 31.6 Å². The number of nitrogens with zero attached hydrogens (tertiary/aromatic N) is 7. The molecule has 11 atom stereocenters. The third kappa shape index (κ3) is 26.5. The number of hydrogen-bond acceptors (Lipinski definition) is 30. The van der Waals surface area contributed by atoms with Crippen molar-refractivity contribution in [3.8, 4) is 5.88 Å². The Hall–Kier alpha value is -7.70. The van der Waals surface area contributed by atoms with E-state index >= 15 is 0 Å². The first-order chi connectivity index (χ1) is 52.4. The third-order valence-corrected chi connectivity index (χ3v) is 20.2. The number of imide groups is 1. The molecule has 2 aromatic carbocycles. The Kier molecular flexibility index (Phi) is 33.4. The van der Waals surface area contributed by atoms with Gasteiger partial charge in [-0.15, -0.1) is 0 Å². The number of benzene rings is 2. The molecule has 1 aliphatic carbocycles. The molecule has 3 aliphatic heterocycles. The van der Waals surface area contributed by atoms with Gasteiger partial charge in [0.05, 0.1) is 125 Å². The van der Waals surface area contributed by atoms with Gasteiger partial charge in [-0.1, -0.05) is 68.7 Å². The maximum absolute atomic E-state index is 14.5. The van der Waals surface area contributed by atoms with Gasteiger partial charge in [0.25, 0.3) is 23.3 Å². The van der Waals surface area contributed by atoms with E-state index in [1.165, 1.54) is 35.0 Å². The maximum Gasteiger partial charge on any atom is 0.410 e. The van der Waals surface area contributed by atoms with E-state index in [0.717, 1.165) is 23.4 Å². The van der Waals surface area contributed by atoms with E-state index in [2.05, 4.69) is 70.7 Å². The number of anilines is 2. The van der Waals surface area contributed by atoms with Crippen molar-refractivity contribution >= 4 is 102 Å². The zero-order valence-corrected chi connectivity index (χ0v) is 63.8. The molecule has 109 heavy (non-hydrogen) atoms. The topological polar surface area (TPSA) is 456 Å². The number of carbonyl (C=O) groups is 7. The molecule has 596 valence electrons. The van der Waals surface area contributed by atoms with Crippen LogP contribution in [0.25, 0.3) is 11.2 Å². The molecule has 0 spiro atoms. The normalized spacial score (nSPS) is 22.6. The molecule has 3 aromatic heterocycles. The second-order valence-electron chi connectivity index (χ2n) is 25.2. The summed E-state index contributed by atoms with van der Waals surface area (Å²) in [6.45, 7) is -0.787. The third-order valence-electron chi connectivity index (χ3n) is 16.9. The Morgan fingerprint density at radius 3 is 1.96 bits per heavy atom. The zero-order valence-electron chi connectivity index (χ0n) is 60.2. The standard InChI is InChI=1S/C67H90N12O26P2S2/c1-42(2)56(73-52(80)36-78-54(81)13-14-55(78)82)63(86)71-43(3)61(84)72-47-11-9-44(10-12-47)37-99-67(88)77(17-18-92-21-22-94-25-26-96-29-30-98-32-31-97-28-27-95-24-23-93-20-19-91-4)35-45-7-5-6-8-49(45)62(85)75-66-74-60-57(64(87)76-66)70-41-79(60)65-59-58(83)51(103-65)39-101-106(89,108)104-50-34-48(102-53-15-16-68-40-69-53)33-46(50)38-100-107(90,109)105-59/h5-16,40-43,46,48,50-51,56,58-59,65,83H,17-39H2,1-4H3,(H,71,86)(H,72,84)(H,73,80)(H,89,108)(H,90,109)(H2,74,75,76,85,87)/t43-,46+,48+,50-,51-,56-,58-,59+,65+,106+,107+/m0/s1. The van der Waals surface area contributed by atoms with Crippen LogP contribution in [0, 0.1) is 11.8 Å². The number of aliphatic hydroxyl groups excluding tert-OH is 1. The van der Waals surface area contributed by atoms with E-state index in [1.807, 2.05) is 0 Å². The lowest BCUT2D eigenvalue weighted by Gasteiger charge is -2.26. The molecule has 7 amide bonds. The lowest BCUT2D eigenvalue weighted by atomic mass is 10.0. The number of ether oxygens (including phenoxy) is 11. The Morgan fingerprint density at radius 1 is 0.725 bits per heavy atom. The van der Waals surface area contributed by atoms with Crippen LogP contribution in [-0.4, -0.2) is 261 Å². The summed E-state index contributed by atoms with van der Waals surface area (Å²) in [4.78, 5) is 127. The van der Waals surface area contributed by atoms with Crippen molar-refractivity contribution in [3.05, 3.63) is 113 Å². The molecule has 2 bridgehead atoms. The smallest absolute Gasteiger partial charge is 0.410 e. The van der Waals surface area contributed by atoms with Gasteiger partial charge in [-0.3, -0.25) is 66.9 Å². The molecule has 5 aromatic rings. The lowest BCUT2D eigenvalue weighted by molar-refractivity contribution is -0.141. The number of thiol groups is 2. The summed E-state index contributed by atoms with van der Waals surface area (Å²) < 4.78 is 114. The summed E-state index contributed by atoms with van der Waals surface area (Å²) in [6.07, 6.45) is -1.89. The Bertz CT molecular complexity index is 4020. The largest absolute Gasteiger partial charge is 0.474 e. The number of nitrogens with one attached hydrogen (secondary N) is 5. The van der Waals surface area contributed by atoms with Crippen molar-refractivity contribution in [1.29, 1.82) is 0 Å². The number of amides is 7. The van der Waals surface area contributed by atoms with E-state index in [-0.39, 0.29) is 94.8 Å². The molecule has 1 saturated carbocycles. The maximum atomic E-state index is 14.5. The minimum atomic E-state index is -4.43. The average Bonchev–Trinajstić information content (AvgIpc) is 1.61. The fourth-order valence-corrected chi connectivity index (χ4v) is 14.4. The van der Waals surface area contributed by atoms with Crippen molar-refractivity contribution < 1.29 is 118 Å². The van der Waals surface area contributed by atoms with E-state index in [9.17, 15) is 52.6 Å². The number of methoxy groups -OCH3 is 1. The fraction of sp³-hybridized carbons (Fsp3) is 0.552. The van der Waals surface area contributed by atoms with Gasteiger partial charge in [0, 0.05) is 68.2 Å². The van der Waals surface area contributed by atoms with Crippen LogP contribution in [0.4, 0.5) is 16.4 Å². The molecule has 0 unspecified atom stereocenters. The van der Waals surface area contributed by atoms with Gasteiger partial charge in [0.2, 0.25) is 29.5 Å². The van der Waals surface area contributed by atoms with Gasteiger partial charge in [-0.2, -0.15) is 4.98 Å². The summed E-state index contributed by atoms with van der Waals surface area (Å²) in [5.41, 5.74) is -0.152. The summed E-state index contributed by atoms with van der Waals surface area (Å²) in [5, 5.41) is 22.1. The summed E-state index contributed by atoms with van der Waals surface area (Å²) in [7, 11) is 1.61. The van der Waals surface area contributed by atoms with E-state index in [4.69, 9.17) is 70.2 Å². The van der Waals surface area contributed by atoms with Crippen LogP contribution in [0.3, 0.4) is 0 Å². The quantitative estimate of drug-likeness (QED) is 0.0120. The highest BCUT2D eigenvalue weighted by Gasteiger charge is 2.51. The SMILES string of the molecule is COCCOCCOCCOCCOCCOCCOCCOCCN(Cc1ccccc1C(=O)Nc1nc2c(ncn2[C@@H]2O[C@H]3CO[P@@](=O)(S)O[C@H]4C[C@H](Oc5ccncn5)C[C@@H]4CO[P@@](=O)(S)O[C@@H]2[C@H]3O)c(=O)[nH]1)C(=O)OCc1ccc(NC(=O)[C@H](C)NC(=O)[C@@H](NC(=O)CN2C(=O)C=CC2=O)C(C)C)cc1. The first-order valence-electron chi connectivity index (χ1n) is 34.9. The fourth-order valence-electron chi connectivity index (χ4n) is 11.3. The molecule has 38 nitrogen and oxygen atoms in total. The van der Waals surface area contributed by atoms with Gasteiger partial charge < -0.3 is 82.6 Å². The average molecular weight is 1610 g/mol. The minimum absolute atomic E-state index is 0.0185. The highest BCUT2D eigenvalue weighted by molar-refractivity contribution is 8.44. The molecular weight excluding hydrogens is 1510 g/mol. The molecule has 3 fully saturated rings. The molecule has 9 rings (SSSR count). The molecule has 0 radical (unpaired) electrons. The first-order valence-corrected chi connectivity index (χ1v) is 40.3. The first kappa shape index (κ1) is 85.3. The van der Waals surface area contributed by atoms with Gasteiger partial charge in [-0.25, -0.2) is 28.9 Å². The second-order valence-corrected chi connectivity index (χ2v) is 31.0. The van der Waals surface area contributed by atoms with Crippen LogP contribution in [0.5, 0.6) is 5.88 Å². The van der Waals surface area contributed by atoms with Crippen LogP contribution >= 0.6 is 38.1 Å². The number of H-pyrrole nitrogens is 1. The van der Waals surface area contributed by atoms with Crippen LogP contribution in [0.1, 0.15) is 61.3 Å². The number of carbonyl (C=O) groups excluding carboxylic acids is 7. The van der Waals surface area contributed by atoms with Crippen LogP contribution in [0.2, 0.25) is 0 Å². The Balaban J connectivity index is 0.805. The van der Waals surface area contributed by atoms with Crippen molar-refractivity contribution in [2.24, 2.45) is 11.8 Å². The lowest BCUT2D eigenvalue weighted by Crippen LogP contribution is -2.55. The number of aromatic amines is 1. The Morgan fingerprint density at radius 2 is 1.34 bits per heavy atom. The number of imidazole rings is 1. The number of aliphatic hydroxyl groups is 1. The van der Waals surface area contributed by atoms with Gasteiger partial charge in [-0.05, 0) is 48.6 Å². The summed E-state index contributed by atoms with van der Waals surface area (Å²) in [5.74, 6) is -5.34. The van der Waals surface area contributed by atoms with E-state index in [1.54, 1.807) is 69.5 Å². The molecule has 42 heteroatoms. The Labute approximate surface area is 636 Å². The predicted molar refractivity (Wildman–Crippen MR) is 390 cm³/mol. The van der Waals surface area contributed by atoms with Gasteiger partial charge >= 0.3 is 19.7 Å². The summed E-state index contributed by atoms with van der Waals surface area (Å²) in [6, 6.07) is 11.9. The predicted octanol–water partition coefficient (Wildman–Crippen LogP) is 3.58. The number of fused-ring (bicyclic) bond motifs is 4. The number of aromatic nitrogens is 6. The molecule has 4 aliphatic rings. The molecule has 6 N–H and O–H groups in total. The zero-order chi connectivity index (χ0) is 77.9. The number of hydrogen-bond donors (Lipinski definition) is 8. The molecule has 2 saturated heterocycles. The second kappa shape index (κ2) is 42.6. The minimum Gasteiger partial charge on any atom is -0.474 e.